The molecule has 0 amide bonds. The first-order valence-corrected chi connectivity index (χ1v) is 12.2. The molecule has 1 saturated heterocycles. The van der Waals surface area contributed by atoms with Crippen LogP contribution in [0, 0.1) is 17.7 Å². The lowest BCUT2D eigenvalue weighted by atomic mass is 9.79. The molecule has 2 aliphatic rings. The van der Waals surface area contributed by atoms with Gasteiger partial charge in [0.05, 0.1) is 0 Å². The van der Waals surface area contributed by atoms with Gasteiger partial charge in [-0.3, -0.25) is 0 Å². The van der Waals surface area contributed by atoms with E-state index in [1.807, 2.05) is 18.2 Å². The Labute approximate surface area is 200 Å². The number of rotatable bonds is 5. The molecule has 172 valence electrons. The van der Waals surface area contributed by atoms with E-state index < -0.39 is 0 Å². The first-order chi connectivity index (χ1) is 15.3. The topological polar surface area (TPSA) is 53.1 Å². The summed E-state index contributed by atoms with van der Waals surface area (Å²) in [4.78, 5) is 11.3. The van der Waals surface area contributed by atoms with Crippen LogP contribution in [-0.2, 0) is 5.41 Å². The van der Waals surface area contributed by atoms with Gasteiger partial charge in [-0.2, -0.15) is 4.98 Å². The number of anilines is 2. The van der Waals surface area contributed by atoms with Crippen molar-refractivity contribution in [2.45, 2.75) is 51.4 Å². The highest BCUT2D eigenvalue weighted by Crippen LogP contribution is 2.40. The molecule has 0 spiro atoms. The zero-order valence-corrected chi connectivity index (χ0v) is 20.3. The minimum absolute atomic E-state index is 0.0418. The summed E-state index contributed by atoms with van der Waals surface area (Å²) in [7, 11) is 0. The van der Waals surface area contributed by atoms with Gasteiger partial charge in [-0.05, 0) is 61.0 Å². The highest BCUT2D eigenvalue weighted by Gasteiger charge is 2.35. The van der Waals surface area contributed by atoms with Gasteiger partial charge in [0.1, 0.15) is 16.8 Å². The zero-order chi connectivity index (χ0) is 22.7. The second-order valence-corrected chi connectivity index (χ2v) is 10.3. The van der Waals surface area contributed by atoms with Gasteiger partial charge in [-0.15, -0.1) is 0 Å². The number of hydrogen-bond donors (Lipinski definition) is 2. The Kier molecular flexibility index (Phi) is 7.15. The molecule has 2 heterocycles. The van der Waals surface area contributed by atoms with Crippen LogP contribution in [-0.4, -0.2) is 34.7 Å². The maximum Gasteiger partial charge on any atom is 0.232 e. The molecular weight excluding hydrogens is 445 g/mol. The van der Waals surface area contributed by atoms with Gasteiger partial charge in [0.15, 0.2) is 5.11 Å². The minimum Gasteiger partial charge on any atom is -0.361 e. The molecule has 2 N–H and O–H groups in total. The van der Waals surface area contributed by atoms with Crippen LogP contribution in [0.4, 0.5) is 16.2 Å². The summed E-state index contributed by atoms with van der Waals surface area (Å²) in [6, 6.07) is 8.68. The fraction of sp³-hybridized carbons (Fsp3) is 0.542. The van der Waals surface area contributed by atoms with Crippen molar-refractivity contribution in [2.75, 3.05) is 29.9 Å². The molecule has 8 heteroatoms. The predicted octanol–water partition coefficient (Wildman–Crippen LogP) is 5.55. The van der Waals surface area contributed by atoms with Gasteiger partial charge < -0.3 is 15.5 Å². The number of aromatic nitrogens is 2. The fourth-order valence-electron chi connectivity index (χ4n) is 5.29. The smallest absolute Gasteiger partial charge is 0.232 e. The minimum atomic E-state index is -0.210. The van der Waals surface area contributed by atoms with Crippen molar-refractivity contribution in [1.82, 2.24) is 15.3 Å². The maximum absolute atomic E-state index is 13.4. The lowest BCUT2D eigenvalue weighted by Gasteiger charge is -2.35. The second kappa shape index (κ2) is 9.87. The summed E-state index contributed by atoms with van der Waals surface area (Å²) in [5, 5.41) is 7.32. The Morgan fingerprint density at radius 1 is 1.16 bits per heavy atom. The molecular formula is C24H31ClFN5S. The largest absolute Gasteiger partial charge is 0.361 e. The fourth-order valence-corrected chi connectivity index (χ4v) is 5.63. The maximum atomic E-state index is 13.4. The lowest BCUT2D eigenvalue weighted by molar-refractivity contribution is 0.355. The van der Waals surface area contributed by atoms with E-state index in [-0.39, 0.29) is 11.2 Å². The van der Waals surface area contributed by atoms with Crippen molar-refractivity contribution in [3.05, 3.63) is 46.9 Å². The van der Waals surface area contributed by atoms with Crippen LogP contribution >= 0.6 is 23.8 Å². The standard InChI is InChI=1S/C24H31ClFN5S/c1-16-11-17(2)14-31(13-16)21-12-20(25)28-22(29-21)30-23(32)27-15-24(9-3-4-10-24)18-5-7-19(26)8-6-18/h5-8,12,16-17H,3-4,9-11,13-15H2,1-2H3,(H2,27,28,29,30,32)/t16-,17+. The third kappa shape index (κ3) is 5.49. The highest BCUT2D eigenvalue weighted by atomic mass is 35.5. The second-order valence-electron chi connectivity index (χ2n) is 9.53. The third-order valence-corrected chi connectivity index (χ3v) is 7.14. The summed E-state index contributed by atoms with van der Waals surface area (Å²) in [5.74, 6) is 2.24. The molecule has 2 fully saturated rings. The molecule has 2 aromatic rings. The van der Waals surface area contributed by atoms with Gasteiger partial charge in [0.25, 0.3) is 0 Å². The quantitative estimate of drug-likeness (QED) is 0.436. The molecule has 1 aliphatic heterocycles. The normalized spacial score (nSPS) is 22.6. The molecule has 4 rings (SSSR count). The van der Waals surface area contributed by atoms with E-state index in [2.05, 4.69) is 39.3 Å². The van der Waals surface area contributed by atoms with Crippen molar-refractivity contribution >= 4 is 40.7 Å². The average molecular weight is 476 g/mol. The number of halogens is 2. The number of nitrogens with zero attached hydrogens (tertiary/aromatic N) is 3. The van der Waals surface area contributed by atoms with Gasteiger partial charge in [0, 0.05) is 31.1 Å². The van der Waals surface area contributed by atoms with Crippen LogP contribution in [0.1, 0.15) is 51.5 Å². The molecule has 2 atom stereocenters. The first kappa shape index (κ1) is 23.2. The van der Waals surface area contributed by atoms with Gasteiger partial charge in [0.2, 0.25) is 5.95 Å². The Morgan fingerprint density at radius 3 is 2.47 bits per heavy atom. The summed E-state index contributed by atoms with van der Waals surface area (Å²) < 4.78 is 13.4. The van der Waals surface area contributed by atoms with Crippen LogP contribution in [0.2, 0.25) is 5.15 Å². The van der Waals surface area contributed by atoms with Gasteiger partial charge in [-0.25, -0.2) is 9.37 Å². The number of thiocarbonyl (C=S) groups is 1. The predicted molar refractivity (Wildman–Crippen MR) is 133 cm³/mol. The van der Waals surface area contributed by atoms with E-state index in [9.17, 15) is 4.39 Å². The van der Waals surface area contributed by atoms with E-state index in [0.29, 0.717) is 34.6 Å². The molecule has 1 saturated carbocycles. The number of hydrogen-bond acceptors (Lipinski definition) is 4. The molecule has 0 radical (unpaired) electrons. The SMILES string of the molecule is C[C@@H]1C[C@H](C)CN(c2cc(Cl)nc(NC(=S)NCC3(c4ccc(F)cc4)CCCC3)n2)C1. The van der Waals surface area contributed by atoms with Crippen molar-refractivity contribution in [3.8, 4) is 0 Å². The third-order valence-electron chi connectivity index (χ3n) is 6.70. The van der Waals surface area contributed by atoms with Crippen LogP contribution in [0.5, 0.6) is 0 Å². The molecule has 0 unspecified atom stereocenters. The van der Waals surface area contributed by atoms with Crippen LogP contribution in [0.25, 0.3) is 0 Å². The van der Waals surface area contributed by atoms with E-state index in [0.717, 1.165) is 50.2 Å². The van der Waals surface area contributed by atoms with Crippen molar-refractivity contribution < 1.29 is 4.39 Å². The summed E-state index contributed by atoms with van der Waals surface area (Å²) >= 11 is 11.9. The Balaban J connectivity index is 1.42. The van der Waals surface area contributed by atoms with Gasteiger partial charge in [-0.1, -0.05) is 50.4 Å². The molecule has 32 heavy (non-hydrogen) atoms. The summed E-state index contributed by atoms with van der Waals surface area (Å²) in [6.45, 7) is 7.13. The summed E-state index contributed by atoms with van der Waals surface area (Å²) in [6.07, 6.45) is 5.65. The van der Waals surface area contributed by atoms with Crippen molar-refractivity contribution in [3.63, 3.8) is 0 Å². The molecule has 1 aromatic carbocycles. The number of piperidine rings is 1. The number of nitrogens with one attached hydrogen (secondary N) is 2. The first-order valence-electron chi connectivity index (χ1n) is 11.4. The molecule has 1 aliphatic carbocycles. The van der Waals surface area contributed by atoms with E-state index in [4.69, 9.17) is 23.8 Å². The van der Waals surface area contributed by atoms with Crippen LogP contribution < -0.4 is 15.5 Å². The Hall–Kier alpha value is -1.99. The highest BCUT2D eigenvalue weighted by molar-refractivity contribution is 7.80. The molecule has 5 nitrogen and oxygen atoms in total. The van der Waals surface area contributed by atoms with E-state index in [1.165, 1.54) is 18.6 Å². The number of benzene rings is 1. The monoisotopic (exact) mass is 475 g/mol. The van der Waals surface area contributed by atoms with Crippen LogP contribution in [0.15, 0.2) is 30.3 Å². The Bertz CT molecular complexity index is 938. The average Bonchev–Trinajstić information content (AvgIpc) is 3.22. The molecule has 0 bridgehead atoms. The Morgan fingerprint density at radius 2 is 1.81 bits per heavy atom. The van der Waals surface area contributed by atoms with E-state index >= 15 is 0 Å². The van der Waals surface area contributed by atoms with Crippen LogP contribution in [0.3, 0.4) is 0 Å². The summed E-state index contributed by atoms with van der Waals surface area (Å²) in [5.41, 5.74) is 1.11. The van der Waals surface area contributed by atoms with Crippen molar-refractivity contribution in [2.24, 2.45) is 11.8 Å². The van der Waals surface area contributed by atoms with E-state index in [1.54, 1.807) is 0 Å². The van der Waals surface area contributed by atoms with Crippen molar-refractivity contribution in [1.29, 1.82) is 0 Å². The molecule has 1 aromatic heterocycles. The van der Waals surface area contributed by atoms with Gasteiger partial charge >= 0.3 is 0 Å². The lowest BCUT2D eigenvalue weighted by Crippen LogP contribution is -2.41. The zero-order valence-electron chi connectivity index (χ0n) is 18.7.